The van der Waals surface area contributed by atoms with Crippen LogP contribution in [0, 0.1) is 6.92 Å². The lowest BCUT2D eigenvalue weighted by molar-refractivity contribution is 0.316. The zero-order chi connectivity index (χ0) is 16.4. The lowest BCUT2D eigenvalue weighted by Crippen LogP contribution is -2.17. The second-order valence-electron chi connectivity index (χ2n) is 5.72. The zero-order valence-corrected chi connectivity index (χ0v) is 15.0. The fourth-order valence-electron chi connectivity index (χ4n) is 2.64. The normalized spacial score (nSPS) is 11.3. The minimum absolute atomic E-state index is 0.727. The van der Waals surface area contributed by atoms with Crippen molar-refractivity contribution in [3.63, 3.8) is 0 Å². The number of thiazole rings is 1. The van der Waals surface area contributed by atoms with Crippen molar-refractivity contribution in [2.75, 3.05) is 7.05 Å². The van der Waals surface area contributed by atoms with Gasteiger partial charge in [-0.3, -0.25) is 9.58 Å². The molecule has 0 atom stereocenters. The Morgan fingerprint density at radius 3 is 2.83 bits per heavy atom. The Bertz CT molecular complexity index is 809. The first-order chi connectivity index (χ1) is 11.0. The molecule has 0 fully saturated rings. The highest BCUT2D eigenvalue weighted by molar-refractivity contribution is 7.09. The summed E-state index contributed by atoms with van der Waals surface area (Å²) in [4.78, 5) is 6.78. The van der Waals surface area contributed by atoms with Gasteiger partial charge in [0.05, 0.1) is 16.4 Å². The molecular weight excluding hydrogens is 328 g/mol. The summed E-state index contributed by atoms with van der Waals surface area (Å²) in [6.45, 7) is 3.67. The van der Waals surface area contributed by atoms with Gasteiger partial charge in [-0.15, -0.1) is 11.3 Å². The molecule has 0 N–H and O–H groups in total. The number of hydrogen-bond donors (Lipinski definition) is 0. The second kappa shape index (κ2) is 6.83. The maximum atomic E-state index is 6.12. The summed E-state index contributed by atoms with van der Waals surface area (Å²) in [5.74, 6) is 0. The van der Waals surface area contributed by atoms with E-state index < -0.39 is 0 Å². The third-order valence-electron chi connectivity index (χ3n) is 3.54. The van der Waals surface area contributed by atoms with E-state index in [9.17, 15) is 0 Å². The van der Waals surface area contributed by atoms with Gasteiger partial charge in [-0.05, 0) is 26.1 Å². The van der Waals surface area contributed by atoms with Crippen molar-refractivity contribution in [3.8, 4) is 11.3 Å². The highest BCUT2D eigenvalue weighted by Gasteiger charge is 2.13. The Hall–Kier alpha value is -1.69. The minimum Gasteiger partial charge on any atom is -0.296 e. The fourth-order valence-corrected chi connectivity index (χ4v) is 3.43. The Morgan fingerprint density at radius 1 is 1.30 bits per heavy atom. The second-order valence-corrected chi connectivity index (χ2v) is 7.22. The first-order valence-electron chi connectivity index (χ1n) is 7.39. The largest absolute Gasteiger partial charge is 0.296 e. The molecule has 6 heteroatoms. The van der Waals surface area contributed by atoms with Crippen LogP contribution in [-0.2, 0) is 20.1 Å². The SMILES string of the molecule is Cc1nc(CN(C)Cc2cn(C)nc2-c2cccc(Cl)c2)cs1. The van der Waals surface area contributed by atoms with Crippen molar-refractivity contribution < 1.29 is 0 Å². The lowest BCUT2D eigenvalue weighted by Gasteiger charge is -2.15. The van der Waals surface area contributed by atoms with Gasteiger partial charge in [0, 0.05) is 47.9 Å². The molecule has 2 heterocycles. The van der Waals surface area contributed by atoms with E-state index in [1.807, 2.05) is 42.9 Å². The fraction of sp³-hybridized carbons (Fsp3) is 0.294. The van der Waals surface area contributed by atoms with Gasteiger partial charge in [0.25, 0.3) is 0 Å². The smallest absolute Gasteiger partial charge is 0.0968 e. The first-order valence-corrected chi connectivity index (χ1v) is 8.65. The third-order valence-corrected chi connectivity index (χ3v) is 4.60. The van der Waals surface area contributed by atoms with Crippen molar-refractivity contribution in [1.29, 1.82) is 0 Å². The quantitative estimate of drug-likeness (QED) is 0.696. The average Bonchev–Trinajstić information content (AvgIpc) is 3.05. The number of benzene rings is 1. The summed E-state index contributed by atoms with van der Waals surface area (Å²) >= 11 is 7.81. The first kappa shape index (κ1) is 16.2. The topological polar surface area (TPSA) is 34.0 Å². The molecule has 0 aliphatic heterocycles. The van der Waals surface area contributed by atoms with Gasteiger partial charge in [0.1, 0.15) is 0 Å². The molecule has 0 saturated carbocycles. The van der Waals surface area contributed by atoms with E-state index in [1.54, 1.807) is 11.3 Å². The molecule has 120 valence electrons. The van der Waals surface area contributed by atoms with Crippen molar-refractivity contribution in [2.24, 2.45) is 7.05 Å². The summed E-state index contributed by atoms with van der Waals surface area (Å²) in [6, 6.07) is 7.83. The monoisotopic (exact) mass is 346 g/mol. The predicted molar refractivity (Wildman–Crippen MR) is 95.7 cm³/mol. The van der Waals surface area contributed by atoms with Gasteiger partial charge in [-0.1, -0.05) is 23.7 Å². The van der Waals surface area contributed by atoms with Gasteiger partial charge in [-0.2, -0.15) is 5.10 Å². The number of halogens is 1. The molecule has 0 unspecified atom stereocenters. The number of rotatable bonds is 5. The Kier molecular flexibility index (Phi) is 4.80. The van der Waals surface area contributed by atoms with Crippen LogP contribution in [0.15, 0.2) is 35.8 Å². The van der Waals surface area contributed by atoms with Crippen LogP contribution in [0.25, 0.3) is 11.3 Å². The van der Waals surface area contributed by atoms with E-state index in [1.165, 1.54) is 5.56 Å². The van der Waals surface area contributed by atoms with Crippen LogP contribution in [-0.4, -0.2) is 26.7 Å². The molecule has 3 aromatic rings. The summed E-state index contributed by atoms with van der Waals surface area (Å²) in [5.41, 5.74) is 4.33. The van der Waals surface area contributed by atoms with E-state index >= 15 is 0 Å². The highest BCUT2D eigenvalue weighted by atomic mass is 35.5. The summed E-state index contributed by atoms with van der Waals surface area (Å²) in [5, 5.41) is 8.56. The molecule has 2 aromatic heterocycles. The molecule has 4 nitrogen and oxygen atoms in total. The number of aromatic nitrogens is 3. The molecule has 0 aliphatic rings. The van der Waals surface area contributed by atoms with Crippen LogP contribution < -0.4 is 0 Å². The average molecular weight is 347 g/mol. The van der Waals surface area contributed by atoms with Gasteiger partial charge < -0.3 is 0 Å². The molecule has 23 heavy (non-hydrogen) atoms. The van der Waals surface area contributed by atoms with Crippen molar-refractivity contribution in [2.45, 2.75) is 20.0 Å². The summed E-state index contributed by atoms with van der Waals surface area (Å²) in [7, 11) is 4.05. The van der Waals surface area contributed by atoms with Gasteiger partial charge >= 0.3 is 0 Å². The molecule has 0 radical (unpaired) electrons. The van der Waals surface area contributed by atoms with E-state index in [4.69, 9.17) is 11.6 Å². The van der Waals surface area contributed by atoms with Crippen molar-refractivity contribution >= 4 is 22.9 Å². The van der Waals surface area contributed by atoms with E-state index in [0.717, 1.165) is 40.1 Å². The van der Waals surface area contributed by atoms with Crippen molar-refractivity contribution in [1.82, 2.24) is 19.7 Å². The molecule has 3 rings (SSSR count). The molecule has 0 saturated heterocycles. The summed E-state index contributed by atoms with van der Waals surface area (Å²) < 4.78 is 1.85. The van der Waals surface area contributed by atoms with Gasteiger partial charge in [-0.25, -0.2) is 4.98 Å². The van der Waals surface area contributed by atoms with Gasteiger partial charge in [0.2, 0.25) is 0 Å². The zero-order valence-electron chi connectivity index (χ0n) is 13.5. The van der Waals surface area contributed by atoms with Gasteiger partial charge in [0.15, 0.2) is 0 Å². The number of aryl methyl sites for hydroxylation is 2. The number of nitrogens with zero attached hydrogens (tertiary/aromatic N) is 4. The molecular formula is C17H19ClN4S. The lowest BCUT2D eigenvalue weighted by atomic mass is 10.1. The Morgan fingerprint density at radius 2 is 2.13 bits per heavy atom. The maximum Gasteiger partial charge on any atom is 0.0968 e. The summed E-state index contributed by atoms with van der Waals surface area (Å²) in [6.07, 6.45) is 2.07. The van der Waals surface area contributed by atoms with Crippen LogP contribution >= 0.6 is 22.9 Å². The van der Waals surface area contributed by atoms with E-state index in [0.29, 0.717) is 0 Å². The van der Waals surface area contributed by atoms with Crippen molar-refractivity contribution in [3.05, 3.63) is 57.1 Å². The van der Waals surface area contributed by atoms with E-state index in [-0.39, 0.29) is 0 Å². The third kappa shape index (κ3) is 3.99. The molecule has 0 bridgehead atoms. The van der Waals surface area contributed by atoms with Crippen LogP contribution in [0.3, 0.4) is 0 Å². The Labute approximate surface area is 145 Å². The molecule has 0 amide bonds. The maximum absolute atomic E-state index is 6.12. The minimum atomic E-state index is 0.727. The standard InChI is InChI=1S/C17H19ClN4S/c1-12-19-16(11-23-12)10-21(2)8-14-9-22(3)20-17(14)13-5-4-6-15(18)7-13/h4-7,9,11H,8,10H2,1-3H3. The van der Waals surface area contributed by atoms with E-state index in [2.05, 4.69) is 33.6 Å². The molecule has 0 spiro atoms. The van der Waals surface area contributed by atoms with Crippen LogP contribution in [0.4, 0.5) is 0 Å². The predicted octanol–water partition coefficient (Wildman–Crippen LogP) is 4.14. The molecule has 1 aromatic carbocycles. The Balaban J connectivity index is 1.80. The number of hydrogen-bond acceptors (Lipinski definition) is 4. The van der Waals surface area contributed by atoms with Crippen LogP contribution in [0.1, 0.15) is 16.3 Å². The van der Waals surface area contributed by atoms with Crippen LogP contribution in [0.2, 0.25) is 5.02 Å². The highest BCUT2D eigenvalue weighted by Crippen LogP contribution is 2.25. The molecule has 0 aliphatic carbocycles. The van der Waals surface area contributed by atoms with Crippen LogP contribution in [0.5, 0.6) is 0 Å².